The standard InChI is InChI=1S/C24H31ClN2O2/c1-3-23(29-21-10-11-22(25)18(2)14-21)24(28)26-16-19-8-7-9-20(15-19)17-27-12-5-4-6-13-27/h7-11,14-15,23H,3-6,12-13,16-17H2,1-2H3,(H,26,28)/t23-/m0/s1. The molecule has 0 unspecified atom stereocenters. The molecule has 1 amide bonds. The van der Waals surface area contributed by atoms with Crippen molar-refractivity contribution in [1.82, 2.24) is 10.2 Å². The van der Waals surface area contributed by atoms with Gasteiger partial charge < -0.3 is 10.1 Å². The van der Waals surface area contributed by atoms with Gasteiger partial charge in [-0.2, -0.15) is 0 Å². The molecular formula is C24H31ClN2O2. The molecule has 2 aromatic carbocycles. The highest BCUT2D eigenvalue weighted by molar-refractivity contribution is 6.31. The van der Waals surface area contributed by atoms with Gasteiger partial charge in [-0.25, -0.2) is 0 Å². The van der Waals surface area contributed by atoms with E-state index in [2.05, 4.69) is 34.5 Å². The highest BCUT2D eigenvalue weighted by Gasteiger charge is 2.18. The Balaban J connectivity index is 1.54. The number of nitrogens with one attached hydrogen (secondary N) is 1. The lowest BCUT2D eigenvalue weighted by molar-refractivity contribution is -0.128. The van der Waals surface area contributed by atoms with Crippen molar-refractivity contribution in [2.24, 2.45) is 0 Å². The van der Waals surface area contributed by atoms with Crippen LogP contribution in [0.3, 0.4) is 0 Å². The van der Waals surface area contributed by atoms with Crippen LogP contribution >= 0.6 is 11.6 Å². The Bertz CT molecular complexity index is 818. The van der Waals surface area contributed by atoms with Crippen LogP contribution in [0.2, 0.25) is 5.02 Å². The van der Waals surface area contributed by atoms with Crippen LogP contribution in [0.1, 0.15) is 49.3 Å². The van der Waals surface area contributed by atoms with Gasteiger partial charge in [-0.3, -0.25) is 9.69 Å². The maximum Gasteiger partial charge on any atom is 0.261 e. The topological polar surface area (TPSA) is 41.6 Å². The third kappa shape index (κ3) is 6.48. The Morgan fingerprint density at radius 3 is 2.62 bits per heavy atom. The van der Waals surface area contributed by atoms with Gasteiger partial charge in [-0.05, 0) is 74.2 Å². The monoisotopic (exact) mass is 414 g/mol. The molecule has 0 aromatic heterocycles. The van der Waals surface area contributed by atoms with Crippen LogP contribution < -0.4 is 10.1 Å². The van der Waals surface area contributed by atoms with Gasteiger partial charge in [0.05, 0.1) is 0 Å². The summed E-state index contributed by atoms with van der Waals surface area (Å²) in [5, 5.41) is 3.72. The number of benzene rings is 2. The third-order valence-corrected chi connectivity index (χ3v) is 5.81. The Morgan fingerprint density at radius 2 is 1.90 bits per heavy atom. The van der Waals surface area contributed by atoms with Crippen molar-refractivity contribution in [2.45, 2.75) is 58.7 Å². The predicted octanol–water partition coefficient (Wildman–Crippen LogP) is 5.11. The molecule has 1 N–H and O–H groups in total. The van der Waals surface area contributed by atoms with E-state index in [0.29, 0.717) is 23.7 Å². The van der Waals surface area contributed by atoms with Gasteiger partial charge in [0, 0.05) is 18.1 Å². The molecule has 0 radical (unpaired) electrons. The lowest BCUT2D eigenvalue weighted by Crippen LogP contribution is -2.37. The van der Waals surface area contributed by atoms with Crippen LogP contribution in [0.15, 0.2) is 42.5 Å². The van der Waals surface area contributed by atoms with Crippen molar-refractivity contribution in [2.75, 3.05) is 13.1 Å². The molecular weight excluding hydrogens is 384 g/mol. The van der Waals surface area contributed by atoms with Crippen LogP contribution in [0.5, 0.6) is 5.75 Å². The number of carbonyl (C=O) groups excluding carboxylic acids is 1. The zero-order chi connectivity index (χ0) is 20.6. The lowest BCUT2D eigenvalue weighted by Gasteiger charge is -2.26. The van der Waals surface area contributed by atoms with E-state index in [0.717, 1.165) is 17.7 Å². The Hall–Kier alpha value is -2.04. The van der Waals surface area contributed by atoms with E-state index in [4.69, 9.17) is 16.3 Å². The maximum atomic E-state index is 12.6. The second-order valence-electron chi connectivity index (χ2n) is 7.80. The highest BCUT2D eigenvalue weighted by atomic mass is 35.5. The van der Waals surface area contributed by atoms with Gasteiger partial charge in [0.15, 0.2) is 6.10 Å². The Morgan fingerprint density at radius 1 is 1.14 bits per heavy atom. The van der Waals surface area contributed by atoms with Crippen molar-refractivity contribution in [3.63, 3.8) is 0 Å². The van der Waals surface area contributed by atoms with Gasteiger partial charge in [0.25, 0.3) is 5.91 Å². The number of carbonyl (C=O) groups is 1. The van der Waals surface area contributed by atoms with Crippen molar-refractivity contribution in [3.05, 3.63) is 64.2 Å². The van der Waals surface area contributed by atoms with E-state index < -0.39 is 6.10 Å². The molecule has 29 heavy (non-hydrogen) atoms. The molecule has 0 bridgehead atoms. The van der Waals surface area contributed by atoms with Crippen molar-refractivity contribution >= 4 is 17.5 Å². The molecule has 2 aromatic rings. The van der Waals surface area contributed by atoms with Crippen LogP contribution in [0.25, 0.3) is 0 Å². The van der Waals surface area contributed by atoms with E-state index in [-0.39, 0.29) is 5.91 Å². The van der Waals surface area contributed by atoms with Gasteiger partial charge in [0.2, 0.25) is 0 Å². The molecule has 156 valence electrons. The fraction of sp³-hybridized carbons (Fsp3) is 0.458. The minimum Gasteiger partial charge on any atom is -0.481 e. The maximum absolute atomic E-state index is 12.6. The fourth-order valence-corrected chi connectivity index (χ4v) is 3.81. The zero-order valence-electron chi connectivity index (χ0n) is 17.4. The number of halogens is 1. The zero-order valence-corrected chi connectivity index (χ0v) is 18.2. The van der Waals surface area contributed by atoms with Crippen LogP contribution in [-0.4, -0.2) is 30.0 Å². The number of ether oxygens (including phenoxy) is 1. The summed E-state index contributed by atoms with van der Waals surface area (Å²) in [6.07, 6.45) is 4.01. The molecule has 4 nitrogen and oxygen atoms in total. The highest BCUT2D eigenvalue weighted by Crippen LogP contribution is 2.22. The van der Waals surface area contributed by atoms with E-state index >= 15 is 0 Å². The summed E-state index contributed by atoms with van der Waals surface area (Å²) in [4.78, 5) is 15.1. The van der Waals surface area contributed by atoms with E-state index in [1.54, 1.807) is 12.1 Å². The average Bonchev–Trinajstić information content (AvgIpc) is 2.74. The van der Waals surface area contributed by atoms with Crippen molar-refractivity contribution in [1.29, 1.82) is 0 Å². The van der Waals surface area contributed by atoms with Gasteiger partial charge in [-0.15, -0.1) is 0 Å². The van der Waals surface area contributed by atoms with Gasteiger partial charge in [-0.1, -0.05) is 49.2 Å². The number of amides is 1. The predicted molar refractivity (Wildman–Crippen MR) is 118 cm³/mol. The summed E-state index contributed by atoms with van der Waals surface area (Å²) in [6.45, 7) is 7.73. The van der Waals surface area contributed by atoms with E-state index in [9.17, 15) is 4.79 Å². The first-order valence-electron chi connectivity index (χ1n) is 10.6. The molecule has 1 atom stereocenters. The van der Waals surface area contributed by atoms with Crippen LogP contribution in [-0.2, 0) is 17.9 Å². The average molecular weight is 415 g/mol. The molecule has 1 fully saturated rings. The van der Waals surface area contributed by atoms with Gasteiger partial charge >= 0.3 is 0 Å². The summed E-state index contributed by atoms with van der Waals surface area (Å²) >= 11 is 6.07. The lowest BCUT2D eigenvalue weighted by atomic mass is 10.1. The fourth-order valence-electron chi connectivity index (χ4n) is 3.69. The number of hydrogen-bond donors (Lipinski definition) is 1. The molecule has 1 saturated heterocycles. The van der Waals surface area contributed by atoms with E-state index in [1.807, 2.05) is 19.9 Å². The number of rotatable bonds is 8. The number of hydrogen-bond acceptors (Lipinski definition) is 3. The summed E-state index contributed by atoms with van der Waals surface area (Å²) in [5.41, 5.74) is 3.36. The quantitative estimate of drug-likeness (QED) is 0.652. The minimum absolute atomic E-state index is 0.0958. The van der Waals surface area contributed by atoms with Crippen molar-refractivity contribution < 1.29 is 9.53 Å². The minimum atomic E-state index is -0.521. The molecule has 0 saturated carbocycles. The molecule has 0 aliphatic carbocycles. The van der Waals surface area contributed by atoms with Gasteiger partial charge in [0.1, 0.15) is 5.75 Å². The Kier molecular flexibility index (Phi) is 7.96. The largest absolute Gasteiger partial charge is 0.481 e. The normalized spacial score (nSPS) is 15.7. The first kappa shape index (κ1) is 21.7. The number of nitrogens with zero attached hydrogens (tertiary/aromatic N) is 1. The van der Waals surface area contributed by atoms with E-state index in [1.165, 1.54) is 37.9 Å². The molecule has 5 heteroatoms. The summed E-state index contributed by atoms with van der Waals surface area (Å²) in [6, 6.07) is 14.0. The summed E-state index contributed by atoms with van der Waals surface area (Å²) < 4.78 is 5.90. The number of likely N-dealkylation sites (tertiary alicyclic amines) is 1. The molecule has 0 spiro atoms. The van der Waals surface area contributed by atoms with Crippen LogP contribution in [0, 0.1) is 6.92 Å². The third-order valence-electron chi connectivity index (χ3n) is 5.38. The van der Waals surface area contributed by atoms with Crippen LogP contribution in [0.4, 0.5) is 0 Å². The summed E-state index contributed by atoms with van der Waals surface area (Å²) in [7, 11) is 0. The first-order chi connectivity index (χ1) is 14.0. The number of aryl methyl sites for hydroxylation is 1. The molecule has 1 aliphatic heterocycles. The Labute approximate surface area is 179 Å². The first-order valence-corrected chi connectivity index (χ1v) is 10.9. The smallest absolute Gasteiger partial charge is 0.261 e. The van der Waals surface area contributed by atoms with Crippen molar-refractivity contribution in [3.8, 4) is 5.75 Å². The molecule has 1 heterocycles. The molecule has 3 rings (SSSR count). The number of piperidine rings is 1. The second-order valence-corrected chi connectivity index (χ2v) is 8.21. The second kappa shape index (κ2) is 10.7. The SMILES string of the molecule is CC[C@H](Oc1ccc(Cl)c(C)c1)C(=O)NCc1cccc(CN2CCCCC2)c1. The summed E-state index contributed by atoms with van der Waals surface area (Å²) in [5.74, 6) is 0.568. The molecule has 1 aliphatic rings.